The van der Waals surface area contributed by atoms with E-state index in [1.165, 1.54) is 17.1 Å². The summed E-state index contributed by atoms with van der Waals surface area (Å²) >= 11 is 0. The van der Waals surface area contributed by atoms with E-state index < -0.39 is 0 Å². The average Bonchev–Trinajstić information content (AvgIpc) is 3.07. The smallest absolute Gasteiger partial charge is 0.243 e. The summed E-state index contributed by atoms with van der Waals surface area (Å²) in [5.41, 5.74) is 1.76. The maximum Gasteiger partial charge on any atom is 0.372 e. The van der Waals surface area contributed by atoms with Crippen molar-refractivity contribution in [2.75, 3.05) is 0 Å². The highest BCUT2D eigenvalue weighted by atomic mass is 16.2. The first kappa shape index (κ1) is 13.4. The van der Waals surface area contributed by atoms with Crippen molar-refractivity contribution in [2.45, 2.75) is 46.0 Å². The largest absolute Gasteiger partial charge is 0.372 e. The van der Waals surface area contributed by atoms with Gasteiger partial charge >= 0.3 is 6.03 Å². The fourth-order valence-electron chi connectivity index (χ4n) is 1.98. The van der Waals surface area contributed by atoms with Crippen molar-refractivity contribution >= 4 is 6.03 Å². The fraction of sp³-hybridized carbons (Fsp3) is 0.583. The number of hydrogen-bond donors (Lipinski definition) is 0. The number of nitrogens with zero attached hydrogens (tertiary/aromatic N) is 6. The van der Waals surface area contributed by atoms with Gasteiger partial charge < -0.3 is 0 Å². The molecule has 2 rings (SSSR count). The van der Waals surface area contributed by atoms with E-state index in [0.29, 0.717) is 0 Å². The van der Waals surface area contributed by atoms with Crippen LogP contribution in [0.4, 0.5) is 4.79 Å². The lowest BCUT2D eigenvalue weighted by Gasteiger charge is -2.03. The Kier molecular flexibility index (Phi) is 4.38. The van der Waals surface area contributed by atoms with Gasteiger partial charge in [-0.15, -0.1) is 10.2 Å². The highest BCUT2D eigenvalue weighted by Gasteiger charge is 2.18. The van der Waals surface area contributed by atoms with E-state index in [0.717, 1.165) is 48.2 Å². The van der Waals surface area contributed by atoms with Gasteiger partial charge in [0.25, 0.3) is 0 Å². The molecule has 0 fully saturated rings. The molecule has 0 bridgehead atoms. The standard InChI is InChI=1S/C12H18N6O/c1-3-5-6-7-10-11(4-2)18(16-14-10)12(19)17-9-8-13-15-17/h8-9H,3-7H2,1-2H3. The van der Waals surface area contributed by atoms with Crippen molar-refractivity contribution in [3.05, 3.63) is 23.8 Å². The summed E-state index contributed by atoms with van der Waals surface area (Å²) in [6, 6.07) is -0.344. The summed E-state index contributed by atoms with van der Waals surface area (Å²) in [7, 11) is 0. The first-order valence-electron chi connectivity index (χ1n) is 6.62. The van der Waals surface area contributed by atoms with E-state index in [9.17, 15) is 4.79 Å². The molecule has 7 nitrogen and oxygen atoms in total. The van der Waals surface area contributed by atoms with E-state index in [-0.39, 0.29) is 6.03 Å². The van der Waals surface area contributed by atoms with Gasteiger partial charge in [0.05, 0.1) is 23.8 Å². The van der Waals surface area contributed by atoms with Crippen LogP contribution >= 0.6 is 0 Å². The molecule has 0 atom stereocenters. The Hall–Kier alpha value is -2.05. The Morgan fingerprint density at radius 2 is 2.11 bits per heavy atom. The molecule has 0 radical (unpaired) electrons. The monoisotopic (exact) mass is 262 g/mol. The van der Waals surface area contributed by atoms with Crippen molar-refractivity contribution in [1.29, 1.82) is 0 Å². The zero-order valence-electron chi connectivity index (χ0n) is 11.3. The van der Waals surface area contributed by atoms with Crippen molar-refractivity contribution in [3.8, 4) is 0 Å². The number of aryl methyl sites for hydroxylation is 1. The second-order valence-corrected chi connectivity index (χ2v) is 4.34. The lowest BCUT2D eigenvalue weighted by Crippen LogP contribution is -2.23. The van der Waals surface area contributed by atoms with Crippen molar-refractivity contribution in [1.82, 2.24) is 30.0 Å². The molecule has 0 aliphatic rings. The van der Waals surface area contributed by atoms with E-state index >= 15 is 0 Å². The van der Waals surface area contributed by atoms with E-state index in [1.807, 2.05) is 6.92 Å². The molecule has 7 heteroatoms. The molecule has 2 aromatic heterocycles. The van der Waals surface area contributed by atoms with E-state index in [1.54, 1.807) is 0 Å². The van der Waals surface area contributed by atoms with Crippen LogP contribution in [0.1, 0.15) is 44.5 Å². The zero-order chi connectivity index (χ0) is 13.7. The number of aromatic nitrogens is 6. The number of rotatable bonds is 5. The third-order valence-corrected chi connectivity index (χ3v) is 3.00. The van der Waals surface area contributed by atoms with E-state index in [4.69, 9.17) is 0 Å². The second kappa shape index (κ2) is 6.21. The summed E-state index contributed by atoms with van der Waals surface area (Å²) < 4.78 is 2.47. The number of unbranched alkanes of at least 4 members (excludes halogenated alkanes) is 2. The van der Waals surface area contributed by atoms with Crippen molar-refractivity contribution < 1.29 is 4.79 Å². The lowest BCUT2D eigenvalue weighted by atomic mass is 10.1. The number of carbonyl (C=O) groups excluding carboxylic acids is 1. The minimum Gasteiger partial charge on any atom is -0.243 e. The normalized spacial score (nSPS) is 10.8. The van der Waals surface area contributed by atoms with Gasteiger partial charge in [-0.05, 0) is 19.3 Å². The molecule has 102 valence electrons. The SMILES string of the molecule is CCCCCc1nnn(C(=O)n2ccnn2)c1CC. The molecule has 0 aromatic carbocycles. The van der Waals surface area contributed by atoms with Gasteiger partial charge in [-0.1, -0.05) is 37.1 Å². The Balaban J connectivity index is 2.19. The highest BCUT2D eigenvalue weighted by Crippen LogP contribution is 2.11. The van der Waals surface area contributed by atoms with Crippen molar-refractivity contribution in [3.63, 3.8) is 0 Å². The molecule has 0 amide bonds. The summed E-state index contributed by atoms with van der Waals surface area (Å²) in [5.74, 6) is 0. The van der Waals surface area contributed by atoms with Gasteiger partial charge in [-0.25, -0.2) is 4.79 Å². The summed E-state index contributed by atoms with van der Waals surface area (Å²) in [6.45, 7) is 4.15. The lowest BCUT2D eigenvalue weighted by molar-refractivity contribution is 0.236. The molecule has 0 saturated carbocycles. The molecule has 0 spiro atoms. The molecule has 0 unspecified atom stereocenters. The predicted molar refractivity (Wildman–Crippen MR) is 68.8 cm³/mol. The molecule has 2 aromatic rings. The van der Waals surface area contributed by atoms with Crippen LogP contribution in [-0.2, 0) is 12.8 Å². The third-order valence-electron chi connectivity index (χ3n) is 3.00. The van der Waals surface area contributed by atoms with Gasteiger partial charge in [0, 0.05) is 0 Å². The maximum atomic E-state index is 12.2. The Labute approximate surface area is 111 Å². The minimum absolute atomic E-state index is 0.344. The van der Waals surface area contributed by atoms with Crippen LogP contribution < -0.4 is 0 Å². The molecule has 0 N–H and O–H groups in total. The third kappa shape index (κ3) is 2.86. The molecular formula is C12H18N6O. The van der Waals surface area contributed by atoms with Crippen LogP contribution in [0.2, 0.25) is 0 Å². The Morgan fingerprint density at radius 1 is 1.26 bits per heavy atom. The molecule has 0 aliphatic carbocycles. The van der Waals surface area contributed by atoms with Crippen LogP contribution in [0.5, 0.6) is 0 Å². The summed E-state index contributed by atoms with van der Waals surface area (Å²) in [4.78, 5) is 12.2. The summed E-state index contributed by atoms with van der Waals surface area (Å²) in [6.07, 6.45) is 7.93. The molecule has 2 heterocycles. The highest BCUT2D eigenvalue weighted by molar-refractivity contribution is 5.77. The minimum atomic E-state index is -0.344. The van der Waals surface area contributed by atoms with Crippen LogP contribution in [0.25, 0.3) is 0 Å². The quantitative estimate of drug-likeness (QED) is 0.766. The zero-order valence-corrected chi connectivity index (χ0v) is 11.3. The van der Waals surface area contributed by atoms with E-state index in [2.05, 4.69) is 27.5 Å². The number of carbonyl (C=O) groups is 1. The molecule has 0 saturated heterocycles. The van der Waals surface area contributed by atoms with Crippen LogP contribution in [0, 0.1) is 0 Å². The van der Waals surface area contributed by atoms with Crippen LogP contribution in [0.3, 0.4) is 0 Å². The first-order chi connectivity index (χ1) is 9.27. The molecule has 19 heavy (non-hydrogen) atoms. The fourth-order valence-corrected chi connectivity index (χ4v) is 1.98. The Morgan fingerprint density at radius 3 is 2.74 bits per heavy atom. The second-order valence-electron chi connectivity index (χ2n) is 4.34. The van der Waals surface area contributed by atoms with Gasteiger partial charge in [-0.3, -0.25) is 0 Å². The van der Waals surface area contributed by atoms with Gasteiger partial charge in [-0.2, -0.15) is 9.36 Å². The van der Waals surface area contributed by atoms with Gasteiger partial charge in [0.15, 0.2) is 0 Å². The predicted octanol–water partition coefficient (Wildman–Crippen LogP) is 1.68. The van der Waals surface area contributed by atoms with Gasteiger partial charge in [0.1, 0.15) is 0 Å². The van der Waals surface area contributed by atoms with Crippen LogP contribution in [0.15, 0.2) is 12.4 Å². The van der Waals surface area contributed by atoms with Crippen molar-refractivity contribution in [2.24, 2.45) is 0 Å². The topological polar surface area (TPSA) is 78.5 Å². The average molecular weight is 262 g/mol. The maximum absolute atomic E-state index is 12.2. The molecular weight excluding hydrogens is 244 g/mol. The Bertz CT molecular complexity index is 530. The van der Waals surface area contributed by atoms with Crippen LogP contribution in [-0.4, -0.2) is 36.0 Å². The number of hydrogen-bond acceptors (Lipinski definition) is 5. The molecule has 0 aliphatic heterocycles. The first-order valence-corrected chi connectivity index (χ1v) is 6.62. The van der Waals surface area contributed by atoms with Gasteiger partial charge in [0.2, 0.25) is 0 Å². The summed E-state index contributed by atoms with van der Waals surface area (Å²) in [5, 5.41) is 15.4.